The molecule has 1 N–H and O–H groups in total. The zero-order valence-corrected chi connectivity index (χ0v) is 14.0. The van der Waals surface area contributed by atoms with Crippen LogP contribution in [0.1, 0.15) is 69.2 Å². The van der Waals surface area contributed by atoms with Gasteiger partial charge in [0, 0.05) is 24.5 Å². The van der Waals surface area contributed by atoms with Crippen LogP contribution in [0.5, 0.6) is 0 Å². The van der Waals surface area contributed by atoms with E-state index in [1.54, 1.807) is 0 Å². The SMILES string of the molecule is CC(C)c1ccc(NC(C)c2cnn(C)c2)c(C(C)C)c1. The Bertz CT molecular complexity index is 596. The molecule has 1 aromatic heterocycles. The zero-order valence-electron chi connectivity index (χ0n) is 14.0. The number of rotatable bonds is 5. The number of aryl methyl sites for hydroxylation is 1. The van der Waals surface area contributed by atoms with Gasteiger partial charge in [-0.1, -0.05) is 39.8 Å². The first-order chi connectivity index (χ1) is 9.88. The molecule has 3 nitrogen and oxygen atoms in total. The Morgan fingerprint density at radius 3 is 2.24 bits per heavy atom. The quantitative estimate of drug-likeness (QED) is 0.852. The van der Waals surface area contributed by atoms with Crippen LogP contribution in [0.2, 0.25) is 0 Å². The standard InChI is InChI=1S/C18H27N3/c1-12(2)15-7-8-18(17(9-15)13(3)4)20-14(5)16-10-19-21(6)11-16/h7-14,20H,1-6H3. The molecule has 21 heavy (non-hydrogen) atoms. The van der Waals surface area contributed by atoms with Crippen molar-refractivity contribution in [2.24, 2.45) is 7.05 Å². The van der Waals surface area contributed by atoms with Crippen LogP contribution in [0.3, 0.4) is 0 Å². The first-order valence-electron chi connectivity index (χ1n) is 7.77. The topological polar surface area (TPSA) is 29.9 Å². The van der Waals surface area contributed by atoms with Crippen LogP contribution in [0.15, 0.2) is 30.6 Å². The second-order valence-corrected chi connectivity index (χ2v) is 6.47. The molecule has 0 amide bonds. The minimum Gasteiger partial charge on any atom is -0.378 e. The predicted molar refractivity (Wildman–Crippen MR) is 89.9 cm³/mol. The lowest BCUT2D eigenvalue weighted by molar-refractivity contribution is 0.765. The van der Waals surface area contributed by atoms with Gasteiger partial charge >= 0.3 is 0 Å². The van der Waals surface area contributed by atoms with Crippen LogP contribution in [0, 0.1) is 0 Å². The van der Waals surface area contributed by atoms with Gasteiger partial charge in [-0.25, -0.2) is 0 Å². The van der Waals surface area contributed by atoms with E-state index in [2.05, 4.69) is 69.4 Å². The lowest BCUT2D eigenvalue weighted by atomic mass is 9.94. The highest BCUT2D eigenvalue weighted by Crippen LogP contribution is 2.30. The van der Waals surface area contributed by atoms with Crippen molar-refractivity contribution in [3.8, 4) is 0 Å². The van der Waals surface area contributed by atoms with E-state index < -0.39 is 0 Å². The van der Waals surface area contributed by atoms with Crippen molar-refractivity contribution < 1.29 is 0 Å². The van der Waals surface area contributed by atoms with Crippen LogP contribution in [-0.4, -0.2) is 9.78 Å². The van der Waals surface area contributed by atoms with E-state index >= 15 is 0 Å². The molecule has 0 aliphatic carbocycles. The summed E-state index contributed by atoms with van der Waals surface area (Å²) in [5.41, 5.74) is 5.22. The molecule has 3 heteroatoms. The van der Waals surface area contributed by atoms with E-state index in [1.165, 1.54) is 22.4 Å². The highest BCUT2D eigenvalue weighted by Gasteiger charge is 2.13. The minimum atomic E-state index is 0.251. The summed E-state index contributed by atoms with van der Waals surface area (Å²) in [6.45, 7) is 11.2. The molecule has 114 valence electrons. The minimum absolute atomic E-state index is 0.251. The van der Waals surface area contributed by atoms with E-state index in [1.807, 2.05) is 17.9 Å². The van der Waals surface area contributed by atoms with Crippen molar-refractivity contribution in [1.82, 2.24) is 9.78 Å². The number of aromatic nitrogens is 2. The molecule has 1 atom stereocenters. The normalized spacial score (nSPS) is 13.0. The fourth-order valence-corrected chi connectivity index (χ4v) is 2.53. The third-order valence-electron chi connectivity index (χ3n) is 3.96. The van der Waals surface area contributed by atoms with Crippen LogP contribution in [0.4, 0.5) is 5.69 Å². The molecule has 0 saturated carbocycles. The van der Waals surface area contributed by atoms with Gasteiger partial charge in [0.05, 0.1) is 12.2 Å². The zero-order chi connectivity index (χ0) is 15.6. The Balaban J connectivity index is 2.26. The summed E-state index contributed by atoms with van der Waals surface area (Å²) in [5, 5.41) is 7.89. The van der Waals surface area contributed by atoms with Gasteiger partial charge in [-0.15, -0.1) is 0 Å². The maximum Gasteiger partial charge on any atom is 0.0542 e. The predicted octanol–water partition coefficient (Wildman–Crippen LogP) is 4.84. The third-order valence-corrected chi connectivity index (χ3v) is 3.96. The molecule has 0 radical (unpaired) electrons. The maximum atomic E-state index is 4.25. The molecule has 0 saturated heterocycles. The summed E-state index contributed by atoms with van der Waals surface area (Å²) in [7, 11) is 1.95. The van der Waals surface area contributed by atoms with Crippen molar-refractivity contribution in [2.45, 2.75) is 52.5 Å². The van der Waals surface area contributed by atoms with E-state index in [4.69, 9.17) is 0 Å². The molecule has 0 spiro atoms. The Kier molecular flexibility index (Phi) is 4.71. The number of hydrogen-bond acceptors (Lipinski definition) is 2. The number of benzene rings is 1. The fraction of sp³-hybridized carbons (Fsp3) is 0.500. The van der Waals surface area contributed by atoms with Crippen molar-refractivity contribution in [3.05, 3.63) is 47.3 Å². The van der Waals surface area contributed by atoms with Gasteiger partial charge in [-0.2, -0.15) is 5.10 Å². The second kappa shape index (κ2) is 6.33. The van der Waals surface area contributed by atoms with Crippen molar-refractivity contribution in [1.29, 1.82) is 0 Å². The molecule has 0 aliphatic rings. The van der Waals surface area contributed by atoms with Gasteiger partial charge in [0.2, 0.25) is 0 Å². The third kappa shape index (κ3) is 3.66. The van der Waals surface area contributed by atoms with Crippen LogP contribution in [-0.2, 0) is 7.05 Å². The van der Waals surface area contributed by atoms with Gasteiger partial charge in [0.25, 0.3) is 0 Å². The van der Waals surface area contributed by atoms with Crippen LogP contribution in [0.25, 0.3) is 0 Å². The van der Waals surface area contributed by atoms with E-state index in [-0.39, 0.29) is 6.04 Å². The lowest BCUT2D eigenvalue weighted by Gasteiger charge is -2.21. The van der Waals surface area contributed by atoms with E-state index in [9.17, 15) is 0 Å². The molecule has 0 bridgehead atoms. The highest BCUT2D eigenvalue weighted by molar-refractivity contribution is 5.55. The summed E-state index contributed by atoms with van der Waals surface area (Å²) in [6, 6.07) is 7.04. The second-order valence-electron chi connectivity index (χ2n) is 6.47. The van der Waals surface area contributed by atoms with Crippen molar-refractivity contribution in [3.63, 3.8) is 0 Å². The summed E-state index contributed by atoms with van der Waals surface area (Å²) in [4.78, 5) is 0. The molecule has 1 heterocycles. The number of anilines is 1. The van der Waals surface area contributed by atoms with E-state index in [0.29, 0.717) is 11.8 Å². The molecule has 0 aliphatic heterocycles. The Morgan fingerprint density at radius 1 is 1.00 bits per heavy atom. The largest absolute Gasteiger partial charge is 0.378 e. The number of hydrogen-bond donors (Lipinski definition) is 1. The molecule has 0 fully saturated rings. The molecule has 1 unspecified atom stereocenters. The molecule has 2 aromatic rings. The number of nitrogens with one attached hydrogen (secondary N) is 1. The van der Waals surface area contributed by atoms with Gasteiger partial charge in [-0.3, -0.25) is 4.68 Å². The van der Waals surface area contributed by atoms with Crippen LogP contribution < -0.4 is 5.32 Å². The average molecular weight is 285 g/mol. The number of nitrogens with zero attached hydrogens (tertiary/aromatic N) is 2. The smallest absolute Gasteiger partial charge is 0.0542 e. The molecule has 1 aromatic carbocycles. The average Bonchev–Trinajstić information content (AvgIpc) is 2.85. The molecular formula is C18H27N3. The van der Waals surface area contributed by atoms with Crippen LogP contribution >= 0.6 is 0 Å². The first kappa shape index (κ1) is 15.6. The monoisotopic (exact) mass is 285 g/mol. The van der Waals surface area contributed by atoms with E-state index in [0.717, 1.165) is 0 Å². The first-order valence-corrected chi connectivity index (χ1v) is 7.77. The van der Waals surface area contributed by atoms with Gasteiger partial charge < -0.3 is 5.32 Å². The van der Waals surface area contributed by atoms with Crippen molar-refractivity contribution >= 4 is 5.69 Å². The summed E-state index contributed by atoms with van der Waals surface area (Å²) >= 11 is 0. The summed E-state index contributed by atoms with van der Waals surface area (Å²) in [6.07, 6.45) is 3.99. The van der Waals surface area contributed by atoms with Gasteiger partial charge in [-0.05, 0) is 36.0 Å². The fourth-order valence-electron chi connectivity index (χ4n) is 2.53. The Labute approximate surface area is 128 Å². The van der Waals surface area contributed by atoms with Crippen molar-refractivity contribution in [2.75, 3.05) is 5.32 Å². The van der Waals surface area contributed by atoms with Gasteiger partial charge in [0.15, 0.2) is 0 Å². The summed E-state index contributed by atoms with van der Waals surface area (Å²) in [5.74, 6) is 1.07. The maximum absolute atomic E-state index is 4.25. The molecular weight excluding hydrogens is 258 g/mol. The van der Waals surface area contributed by atoms with Gasteiger partial charge in [0.1, 0.15) is 0 Å². The Morgan fingerprint density at radius 2 is 1.71 bits per heavy atom. The highest BCUT2D eigenvalue weighted by atomic mass is 15.2. The lowest BCUT2D eigenvalue weighted by Crippen LogP contribution is -2.09. The molecule has 2 rings (SSSR count). The Hall–Kier alpha value is -1.77. The summed E-state index contributed by atoms with van der Waals surface area (Å²) < 4.78 is 1.85.